The molecule has 3 heteroatoms. The van der Waals surface area contributed by atoms with Gasteiger partial charge in [-0.2, -0.15) is 0 Å². The highest BCUT2D eigenvalue weighted by molar-refractivity contribution is 5.18. The highest BCUT2D eigenvalue weighted by atomic mass is 15.2. The summed E-state index contributed by atoms with van der Waals surface area (Å²) in [4.78, 5) is 5.13. The van der Waals surface area contributed by atoms with Crippen molar-refractivity contribution in [3.05, 3.63) is 35.9 Å². The average molecular weight is 289 g/mol. The topological polar surface area (TPSA) is 18.5 Å². The normalized spacial score (nSPS) is 19.0. The van der Waals surface area contributed by atoms with E-state index in [0.29, 0.717) is 6.04 Å². The van der Waals surface area contributed by atoms with Gasteiger partial charge in [-0.15, -0.1) is 0 Å². The molecule has 1 atom stereocenters. The first kappa shape index (κ1) is 16.5. The third-order valence-electron chi connectivity index (χ3n) is 4.95. The van der Waals surface area contributed by atoms with E-state index in [9.17, 15) is 0 Å². The van der Waals surface area contributed by atoms with E-state index in [0.717, 1.165) is 12.6 Å². The first-order valence-corrected chi connectivity index (χ1v) is 8.39. The Morgan fingerprint density at radius 3 is 2.48 bits per heavy atom. The van der Waals surface area contributed by atoms with Crippen LogP contribution in [0.25, 0.3) is 0 Å². The lowest BCUT2D eigenvalue weighted by molar-refractivity contribution is 0.128. The molecule has 1 N–H and O–H groups in total. The molecule has 0 aliphatic carbocycles. The summed E-state index contributed by atoms with van der Waals surface area (Å²) in [6.45, 7) is 7.16. The van der Waals surface area contributed by atoms with Gasteiger partial charge in [-0.1, -0.05) is 37.3 Å². The van der Waals surface area contributed by atoms with Gasteiger partial charge in [0.15, 0.2) is 0 Å². The van der Waals surface area contributed by atoms with E-state index in [1.807, 2.05) is 0 Å². The third-order valence-corrected chi connectivity index (χ3v) is 4.95. The molecule has 0 amide bonds. The molecule has 1 aromatic rings. The molecule has 1 aliphatic heterocycles. The SMILES string of the molecule is CCN1CCC(N(C)CCC(NC)c2ccccc2)CC1. The number of likely N-dealkylation sites (tertiary alicyclic amines) is 1. The molecule has 0 radical (unpaired) electrons. The lowest BCUT2D eigenvalue weighted by atomic mass is 10.0. The summed E-state index contributed by atoms with van der Waals surface area (Å²) < 4.78 is 0. The summed E-state index contributed by atoms with van der Waals surface area (Å²) in [5.41, 5.74) is 1.40. The van der Waals surface area contributed by atoms with Crippen molar-refractivity contribution in [3.63, 3.8) is 0 Å². The van der Waals surface area contributed by atoms with Crippen LogP contribution in [-0.2, 0) is 0 Å². The van der Waals surface area contributed by atoms with Crippen LogP contribution in [0, 0.1) is 0 Å². The van der Waals surface area contributed by atoms with E-state index in [-0.39, 0.29) is 0 Å². The largest absolute Gasteiger partial charge is 0.313 e. The van der Waals surface area contributed by atoms with Gasteiger partial charge in [0.25, 0.3) is 0 Å². The number of nitrogens with zero attached hydrogens (tertiary/aromatic N) is 2. The minimum absolute atomic E-state index is 0.462. The van der Waals surface area contributed by atoms with Crippen molar-refractivity contribution in [2.24, 2.45) is 0 Å². The van der Waals surface area contributed by atoms with E-state index >= 15 is 0 Å². The number of rotatable bonds is 7. The fraction of sp³-hybridized carbons (Fsp3) is 0.667. The minimum atomic E-state index is 0.462. The molecular formula is C18H31N3. The van der Waals surface area contributed by atoms with Crippen LogP contribution in [0.3, 0.4) is 0 Å². The Kier molecular flexibility index (Phi) is 6.68. The zero-order valence-electron chi connectivity index (χ0n) is 13.9. The lowest BCUT2D eigenvalue weighted by Crippen LogP contribution is -2.43. The Hall–Kier alpha value is -0.900. The maximum absolute atomic E-state index is 3.46. The fourth-order valence-corrected chi connectivity index (χ4v) is 3.35. The summed E-state index contributed by atoms with van der Waals surface area (Å²) in [6.07, 6.45) is 3.81. The Bertz CT molecular complexity index is 385. The fourth-order valence-electron chi connectivity index (χ4n) is 3.35. The van der Waals surface area contributed by atoms with Crippen molar-refractivity contribution >= 4 is 0 Å². The van der Waals surface area contributed by atoms with E-state index in [4.69, 9.17) is 0 Å². The van der Waals surface area contributed by atoms with E-state index in [1.54, 1.807) is 0 Å². The second-order valence-corrected chi connectivity index (χ2v) is 6.19. The second kappa shape index (κ2) is 8.52. The quantitative estimate of drug-likeness (QED) is 0.833. The van der Waals surface area contributed by atoms with Crippen LogP contribution < -0.4 is 5.32 Å². The highest BCUT2D eigenvalue weighted by Gasteiger charge is 2.22. The van der Waals surface area contributed by atoms with Gasteiger partial charge in [0.2, 0.25) is 0 Å². The second-order valence-electron chi connectivity index (χ2n) is 6.19. The first-order chi connectivity index (χ1) is 10.2. The maximum Gasteiger partial charge on any atom is 0.0329 e. The monoisotopic (exact) mass is 289 g/mol. The minimum Gasteiger partial charge on any atom is -0.313 e. The molecule has 21 heavy (non-hydrogen) atoms. The summed E-state index contributed by atoms with van der Waals surface area (Å²) in [7, 11) is 4.36. The zero-order valence-corrected chi connectivity index (χ0v) is 13.9. The van der Waals surface area contributed by atoms with Crippen LogP contribution in [0.15, 0.2) is 30.3 Å². The summed E-state index contributed by atoms with van der Waals surface area (Å²) >= 11 is 0. The number of piperidine rings is 1. The van der Waals surface area contributed by atoms with Gasteiger partial charge < -0.3 is 15.1 Å². The smallest absolute Gasteiger partial charge is 0.0329 e. The lowest BCUT2D eigenvalue weighted by Gasteiger charge is -2.36. The molecule has 1 heterocycles. The van der Waals surface area contributed by atoms with Crippen molar-refractivity contribution in [3.8, 4) is 0 Å². The summed E-state index contributed by atoms with van der Waals surface area (Å²) in [6, 6.07) is 12.0. The average Bonchev–Trinajstić information content (AvgIpc) is 2.56. The van der Waals surface area contributed by atoms with E-state index in [2.05, 4.69) is 66.5 Å². The molecule has 1 aliphatic rings. The van der Waals surface area contributed by atoms with Crippen molar-refractivity contribution in [1.29, 1.82) is 0 Å². The van der Waals surface area contributed by atoms with Crippen LogP contribution >= 0.6 is 0 Å². The molecule has 3 nitrogen and oxygen atoms in total. The molecular weight excluding hydrogens is 258 g/mol. The van der Waals surface area contributed by atoms with Gasteiger partial charge in [-0.3, -0.25) is 0 Å². The van der Waals surface area contributed by atoms with Gasteiger partial charge in [0, 0.05) is 12.1 Å². The van der Waals surface area contributed by atoms with Crippen LogP contribution in [0.4, 0.5) is 0 Å². The van der Waals surface area contributed by atoms with Crippen molar-refractivity contribution in [2.45, 2.75) is 38.3 Å². The molecule has 1 saturated heterocycles. The van der Waals surface area contributed by atoms with Gasteiger partial charge in [0.1, 0.15) is 0 Å². The predicted molar refractivity (Wildman–Crippen MR) is 90.6 cm³/mol. The van der Waals surface area contributed by atoms with Crippen molar-refractivity contribution in [1.82, 2.24) is 15.1 Å². The first-order valence-electron chi connectivity index (χ1n) is 8.39. The van der Waals surface area contributed by atoms with Gasteiger partial charge in [-0.05, 0) is 65.1 Å². The molecule has 1 fully saturated rings. The van der Waals surface area contributed by atoms with Crippen molar-refractivity contribution < 1.29 is 0 Å². The standard InChI is InChI=1S/C18H31N3/c1-4-21-14-10-17(11-15-21)20(3)13-12-18(19-2)16-8-6-5-7-9-16/h5-9,17-19H,4,10-15H2,1-3H3. The van der Waals surface area contributed by atoms with E-state index in [1.165, 1.54) is 44.5 Å². The molecule has 1 aromatic carbocycles. The highest BCUT2D eigenvalue weighted by Crippen LogP contribution is 2.19. The number of hydrogen-bond acceptors (Lipinski definition) is 3. The van der Waals surface area contributed by atoms with Gasteiger partial charge in [0.05, 0.1) is 0 Å². The van der Waals surface area contributed by atoms with Gasteiger partial charge >= 0.3 is 0 Å². The van der Waals surface area contributed by atoms with Crippen LogP contribution in [0.5, 0.6) is 0 Å². The molecule has 0 spiro atoms. The third kappa shape index (κ3) is 4.80. The van der Waals surface area contributed by atoms with Crippen LogP contribution in [0.2, 0.25) is 0 Å². The van der Waals surface area contributed by atoms with Crippen LogP contribution in [0.1, 0.15) is 37.8 Å². The molecule has 2 rings (SSSR count). The number of benzene rings is 1. The Balaban J connectivity index is 1.79. The van der Waals surface area contributed by atoms with Gasteiger partial charge in [-0.25, -0.2) is 0 Å². The molecule has 0 aromatic heterocycles. The van der Waals surface area contributed by atoms with E-state index < -0.39 is 0 Å². The molecule has 0 saturated carbocycles. The molecule has 118 valence electrons. The van der Waals surface area contributed by atoms with Crippen LogP contribution in [-0.4, -0.2) is 56.1 Å². The zero-order chi connectivity index (χ0) is 15.1. The van der Waals surface area contributed by atoms with Crippen molar-refractivity contribution in [2.75, 3.05) is 40.3 Å². The predicted octanol–water partition coefficient (Wildman–Crippen LogP) is 2.75. The summed E-state index contributed by atoms with van der Waals surface area (Å²) in [5, 5.41) is 3.46. The molecule has 0 bridgehead atoms. The summed E-state index contributed by atoms with van der Waals surface area (Å²) in [5.74, 6) is 0. The Morgan fingerprint density at radius 1 is 1.24 bits per heavy atom. The maximum atomic E-state index is 3.46. The number of nitrogens with one attached hydrogen (secondary N) is 1. The molecule has 1 unspecified atom stereocenters. The number of hydrogen-bond donors (Lipinski definition) is 1. The Morgan fingerprint density at radius 2 is 1.90 bits per heavy atom. The Labute approximate surface area is 130 Å².